The number of hydrogen-bond acceptors (Lipinski definition) is 6. The molecule has 1 saturated heterocycles. The molecular formula is C17H15NO6. The minimum Gasteiger partial charge on any atom is -0.486 e. The fourth-order valence-electron chi connectivity index (χ4n) is 2.28. The average Bonchev–Trinajstić information content (AvgIpc) is 3.11. The van der Waals surface area contributed by atoms with Crippen molar-refractivity contribution in [2.45, 2.75) is 26.4 Å². The summed E-state index contributed by atoms with van der Waals surface area (Å²) in [7, 11) is 0. The first-order valence-corrected chi connectivity index (χ1v) is 7.40. The minimum atomic E-state index is -0.887. The highest BCUT2D eigenvalue weighted by Gasteiger charge is 2.34. The van der Waals surface area contributed by atoms with Gasteiger partial charge in [-0.2, -0.15) is 0 Å². The van der Waals surface area contributed by atoms with Crippen molar-refractivity contribution in [2.75, 3.05) is 0 Å². The van der Waals surface area contributed by atoms with Crippen molar-refractivity contribution < 1.29 is 28.4 Å². The number of carbonyl (C=O) groups excluding carboxylic acids is 3. The normalized spacial score (nSPS) is 14.1. The summed E-state index contributed by atoms with van der Waals surface area (Å²) in [6.45, 7) is 1.81. The quantitative estimate of drug-likeness (QED) is 0.783. The predicted molar refractivity (Wildman–Crippen MR) is 80.7 cm³/mol. The standard InChI is InChI=1S/C17H15NO6/c1-11-9-13(10-22-12-5-3-2-4-6-12)23-16(11)17(21)24-18-14(19)7-8-15(18)20/h2-6,9H,7-8,10H2,1H3. The monoisotopic (exact) mass is 329 g/mol. The van der Waals surface area contributed by atoms with Crippen molar-refractivity contribution in [1.82, 2.24) is 5.06 Å². The number of para-hydroxylation sites is 1. The van der Waals surface area contributed by atoms with Crippen LogP contribution >= 0.6 is 0 Å². The van der Waals surface area contributed by atoms with Gasteiger partial charge in [0.25, 0.3) is 11.8 Å². The Morgan fingerprint density at radius 3 is 2.50 bits per heavy atom. The van der Waals surface area contributed by atoms with E-state index < -0.39 is 17.8 Å². The number of carbonyl (C=O) groups is 3. The topological polar surface area (TPSA) is 86.1 Å². The molecule has 0 unspecified atom stereocenters. The van der Waals surface area contributed by atoms with Crippen LogP contribution in [0.1, 0.15) is 34.7 Å². The molecule has 0 atom stereocenters. The number of imide groups is 1. The zero-order chi connectivity index (χ0) is 17.1. The Kier molecular flexibility index (Phi) is 4.33. The molecule has 0 radical (unpaired) electrons. The van der Waals surface area contributed by atoms with E-state index in [-0.39, 0.29) is 25.2 Å². The highest BCUT2D eigenvalue weighted by atomic mass is 16.7. The second-order valence-corrected chi connectivity index (χ2v) is 5.29. The van der Waals surface area contributed by atoms with Crippen LogP contribution < -0.4 is 4.74 Å². The van der Waals surface area contributed by atoms with Crippen LogP contribution in [0, 0.1) is 6.92 Å². The number of ether oxygens (including phenoxy) is 1. The number of amides is 2. The molecule has 0 spiro atoms. The first-order valence-electron chi connectivity index (χ1n) is 7.40. The molecule has 2 heterocycles. The number of nitrogens with zero attached hydrogens (tertiary/aromatic N) is 1. The molecule has 1 aromatic heterocycles. The molecule has 2 amide bonds. The average molecular weight is 329 g/mol. The first kappa shape index (κ1) is 15.8. The molecule has 0 bridgehead atoms. The van der Waals surface area contributed by atoms with E-state index in [0.717, 1.165) is 0 Å². The molecule has 1 aromatic carbocycles. The Morgan fingerprint density at radius 1 is 1.17 bits per heavy atom. The molecule has 7 nitrogen and oxygen atoms in total. The lowest BCUT2D eigenvalue weighted by molar-refractivity contribution is -0.173. The van der Waals surface area contributed by atoms with Crippen LogP contribution in [0.25, 0.3) is 0 Å². The zero-order valence-corrected chi connectivity index (χ0v) is 13.0. The Hall–Kier alpha value is -3.09. The van der Waals surface area contributed by atoms with Crippen LogP contribution in [-0.2, 0) is 21.0 Å². The molecule has 124 valence electrons. The van der Waals surface area contributed by atoms with Crippen LogP contribution in [0.4, 0.5) is 0 Å². The molecule has 0 saturated carbocycles. The van der Waals surface area contributed by atoms with Crippen molar-refractivity contribution in [3.8, 4) is 5.75 Å². The van der Waals surface area contributed by atoms with Crippen LogP contribution in [0.2, 0.25) is 0 Å². The van der Waals surface area contributed by atoms with Gasteiger partial charge in [-0.1, -0.05) is 18.2 Å². The molecule has 1 aliphatic heterocycles. The second kappa shape index (κ2) is 6.57. The van der Waals surface area contributed by atoms with E-state index in [9.17, 15) is 14.4 Å². The van der Waals surface area contributed by atoms with Gasteiger partial charge >= 0.3 is 5.97 Å². The summed E-state index contributed by atoms with van der Waals surface area (Å²) in [5.41, 5.74) is 0.533. The Labute approximate surface area is 137 Å². The molecule has 3 rings (SSSR count). The summed E-state index contributed by atoms with van der Waals surface area (Å²) < 4.78 is 11.0. The number of furan rings is 1. The Bertz CT molecular complexity index is 764. The number of hydrogen-bond donors (Lipinski definition) is 0. The number of benzene rings is 1. The lowest BCUT2D eigenvalue weighted by Gasteiger charge is -2.11. The lowest BCUT2D eigenvalue weighted by atomic mass is 10.2. The summed E-state index contributed by atoms with van der Waals surface area (Å²) in [4.78, 5) is 39.9. The van der Waals surface area contributed by atoms with Crippen molar-refractivity contribution in [3.05, 3.63) is 53.5 Å². The maximum atomic E-state index is 12.1. The van der Waals surface area contributed by atoms with E-state index in [1.165, 1.54) is 0 Å². The molecular weight excluding hydrogens is 314 g/mol. The summed E-state index contributed by atoms with van der Waals surface area (Å²) in [6, 6.07) is 10.8. The van der Waals surface area contributed by atoms with E-state index >= 15 is 0 Å². The van der Waals surface area contributed by atoms with Crippen LogP contribution in [0.15, 0.2) is 40.8 Å². The third-order valence-electron chi connectivity index (χ3n) is 3.46. The number of aryl methyl sites for hydroxylation is 1. The van der Waals surface area contributed by atoms with Crippen LogP contribution in [-0.4, -0.2) is 22.8 Å². The van der Waals surface area contributed by atoms with E-state index in [1.54, 1.807) is 25.1 Å². The van der Waals surface area contributed by atoms with E-state index in [1.807, 2.05) is 18.2 Å². The summed E-state index contributed by atoms with van der Waals surface area (Å²) in [6.07, 6.45) is 0.0822. The summed E-state index contributed by atoms with van der Waals surface area (Å²) in [5.74, 6) is -0.919. The van der Waals surface area contributed by atoms with Gasteiger partial charge in [0.1, 0.15) is 18.1 Å². The number of rotatable bonds is 5. The maximum Gasteiger partial charge on any atom is 0.399 e. The summed E-state index contributed by atoms with van der Waals surface area (Å²) in [5, 5.41) is 0.491. The van der Waals surface area contributed by atoms with Gasteiger partial charge in [-0.25, -0.2) is 4.79 Å². The molecule has 2 aromatic rings. The fourth-order valence-corrected chi connectivity index (χ4v) is 2.28. The van der Waals surface area contributed by atoms with Gasteiger partial charge in [0.15, 0.2) is 0 Å². The van der Waals surface area contributed by atoms with Gasteiger partial charge in [-0.3, -0.25) is 9.59 Å². The Morgan fingerprint density at radius 2 is 1.83 bits per heavy atom. The van der Waals surface area contributed by atoms with Crippen molar-refractivity contribution >= 4 is 17.8 Å². The maximum absolute atomic E-state index is 12.1. The predicted octanol–water partition coefficient (Wildman–Crippen LogP) is 2.39. The second-order valence-electron chi connectivity index (χ2n) is 5.29. The summed E-state index contributed by atoms with van der Waals surface area (Å²) >= 11 is 0. The van der Waals surface area contributed by atoms with Gasteiger partial charge < -0.3 is 14.0 Å². The largest absolute Gasteiger partial charge is 0.486 e. The highest BCUT2D eigenvalue weighted by molar-refractivity contribution is 6.02. The van der Waals surface area contributed by atoms with Crippen molar-refractivity contribution in [1.29, 1.82) is 0 Å². The zero-order valence-electron chi connectivity index (χ0n) is 13.0. The lowest BCUT2D eigenvalue weighted by Crippen LogP contribution is -2.32. The number of hydroxylamine groups is 2. The third-order valence-corrected chi connectivity index (χ3v) is 3.46. The van der Waals surface area contributed by atoms with Crippen LogP contribution in [0.5, 0.6) is 5.75 Å². The van der Waals surface area contributed by atoms with Crippen LogP contribution in [0.3, 0.4) is 0 Å². The third kappa shape index (κ3) is 3.29. The Balaban J connectivity index is 1.66. The molecule has 0 aliphatic carbocycles. The van der Waals surface area contributed by atoms with E-state index in [2.05, 4.69) is 0 Å². The van der Waals surface area contributed by atoms with Gasteiger partial charge in [0, 0.05) is 18.4 Å². The van der Waals surface area contributed by atoms with Gasteiger partial charge in [-0.15, -0.1) is 5.06 Å². The highest BCUT2D eigenvalue weighted by Crippen LogP contribution is 2.20. The molecule has 0 N–H and O–H groups in total. The molecule has 24 heavy (non-hydrogen) atoms. The first-order chi connectivity index (χ1) is 11.5. The van der Waals surface area contributed by atoms with Crippen molar-refractivity contribution in [2.24, 2.45) is 0 Å². The van der Waals surface area contributed by atoms with Gasteiger partial charge in [-0.05, 0) is 25.1 Å². The SMILES string of the molecule is Cc1cc(COc2ccccc2)oc1C(=O)ON1C(=O)CCC1=O. The molecule has 7 heteroatoms. The van der Waals surface area contributed by atoms with E-state index in [0.29, 0.717) is 22.1 Å². The van der Waals surface area contributed by atoms with Crippen molar-refractivity contribution in [3.63, 3.8) is 0 Å². The smallest absolute Gasteiger partial charge is 0.399 e. The minimum absolute atomic E-state index is 0.0411. The van der Waals surface area contributed by atoms with E-state index in [4.69, 9.17) is 14.0 Å². The molecule has 1 aliphatic rings. The fraction of sp³-hybridized carbons (Fsp3) is 0.235. The van der Waals surface area contributed by atoms with Gasteiger partial charge in [0.05, 0.1) is 0 Å². The molecule has 1 fully saturated rings. The van der Waals surface area contributed by atoms with Gasteiger partial charge in [0.2, 0.25) is 5.76 Å².